The number of nitrogens with two attached hydrogens (primary N) is 1. The summed E-state index contributed by atoms with van der Waals surface area (Å²) in [6.07, 6.45) is 1.66. The van der Waals surface area contributed by atoms with Gasteiger partial charge >= 0.3 is 0 Å². The fraction of sp³-hybridized carbons (Fsp3) is 0.0526. The average Bonchev–Trinajstić information content (AvgIpc) is 3.06. The Morgan fingerprint density at radius 3 is 2.88 bits per heavy atom. The number of carbonyl (C=O) groups excluding carboxylic acids is 1. The molecule has 0 spiro atoms. The lowest BCUT2D eigenvalue weighted by atomic mass is 10.1. The van der Waals surface area contributed by atoms with Crippen LogP contribution in [0.4, 0.5) is 10.2 Å². The molecule has 25 heavy (non-hydrogen) atoms. The molecule has 0 aliphatic heterocycles. The van der Waals surface area contributed by atoms with Crippen LogP contribution in [0, 0.1) is 5.82 Å². The first-order chi connectivity index (χ1) is 12.1. The zero-order chi connectivity index (χ0) is 17.4. The fourth-order valence-corrected chi connectivity index (χ4v) is 3.76. The van der Waals surface area contributed by atoms with Crippen LogP contribution < -0.4 is 11.1 Å². The van der Waals surface area contributed by atoms with Gasteiger partial charge in [-0.2, -0.15) is 0 Å². The van der Waals surface area contributed by atoms with E-state index in [0.29, 0.717) is 22.6 Å². The molecule has 0 saturated carbocycles. The van der Waals surface area contributed by atoms with Gasteiger partial charge in [0.25, 0.3) is 5.91 Å². The highest BCUT2D eigenvalue weighted by atomic mass is 32.1. The van der Waals surface area contributed by atoms with Crippen LogP contribution in [0.15, 0.2) is 54.7 Å². The maximum Gasteiger partial charge on any atom is 0.261 e. The quantitative estimate of drug-likeness (QED) is 0.584. The van der Waals surface area contributed by atoms with Crippen molar-refractivity contribution in [3.8, 4) is 0 Å². The number of thiophene rings is 1. The Hall–Kier alpha value is -2.99. The number of nitrogens with one attached hydrogen (secondary N) is 1. The van der Waals surface area contributed by atoms with E-state index < -0.39 is 0 Å². The molecule has 0 aliphatic rings. The molecule has 0 fully saturated rings. The van der Waals surface area contributed by atoms with Crippen molar-refractivity contribution in [2.75, 3.05) is 5.73 Å². The van der Waals surface area contributed by atoms with Crippen molar-refractivity contribution in [3.63, 3.8) is 0 Å². The van der Waals surface area contributed by atoms with E-state index in [1.807, 2.05) is 30.3 Å². The predicted molar refractivity (Wildman–Crippen MR) is 99.1 cm³/mol. The second-order valence-electron chi connectivity index (χ2n) is 5.70. The third kappa shape index (κ3) is 2.92. The van der Waals surface area contributed by atoms with E-state index in [-0.39, 0.29) is 11.7 Å². The molecular weight excluding hydrogens is 337 g/mol. The number of anilines is 1. The van der Waals surface area contributed by atoms with Crippen LogP contribution in [0.25, 0.3) is 20.9 Å². The molecule has 0 unspecified atom stereocenters. The molecule has 3 N–H and O–H groups in total. The summed E-state index contributed by atoms with van der Waals surface area (Å²) in [7, 11) is 0. The maximum absolute atomic E-state index is 13.8. The smallest absolute Gasteiger partial charge is 0.261 e. The molecule has 0 saturated heterocycles. The molecule has 6 heteroatoms. The van der Waals surface area contributed by atoms with Gasteiger partial charge in [-0.05, 0) is 41.3 Å². The third-order valence-corrected chi connectivity index (χ3v) is 5.14. The number of hydrogen-bond acceptors (Lipinski definition) is 4. The number of nitrogens with zero attached hydrogens (tertiary/aromatic N) is 1. The molecule has 0 radical (unpaired) electrons. The van der Waals surface area contributed by atoms with Gasteiger partial charge in [0.1, 0.15) is 11.6 Å². The molecular formula is C19H14FN3OS. The van der Waals surface area contributed by atoms with Crippen LogP contribution in [0.3, 0.4) is 0 Å². The highest BCUT2D eigenvalue weighted by Gasteiger charge is 2.12. The monoisotopic (exact) mass is 351 g/mol. The normalized spacial score (nSPS) is 11.1. The van der Waals surface area contributed by atoms with E-state index in [1.165, 1.54) is 17.4 Å². The molecule has 2 aromatic carbocycles. The number of nitrogen functional groups attached to an aromatic ring is 1. The number of fused-ring (bicyclic) bond motifs is 2. The molecule has 4 rings (SSSR count). The molecule has 2 aromatic heterocycles. The number of aromatic nitrogens is 1. The van der Waals surface area contributed by atoms with Crippen molar-refractivity contribution in [1.29, 1.82) is 0 Å². The first-order valence-electron chi connectivity index (χ1n) is 7.71. The highest BCUT2D eigenvalue weighted by Crippen LogP contribution is 2.27. The molecule has 0 bridgehead atoms. The van der Waals surface area contributed by atoms with Gasteiger partial charge in [-0.25, -0.2) is 9.37 Å². The van der Waals surface area contributed by atoms with Crippen LogP contribution in [0.2, 0.25) is 0 Å². The minimum atomic E-state index is -0.312. The molecule has 0 atom stereocenters. The Morgan fingerprint density at radius 2 is 2.04 bits per heavy atom. The van der Waals surface area contributed by atoms with Crippen LogP contribution in [-0.2, 0) is 6.54 Å². The van der Waals surface area contributed by atoms with Crippen molar-refractivity contribution in [1.82, 2.24) is 10.3 Å². The topological polar surface area (TPSA) is 68.0 Å². The Bertz CT molecular complexity index is 1110. The van der Waals surface area contributed by atoms with Crippen LogP contribution in [0.1, 0.15) is 15.2 Å². The van der Waals surface area contributed by atoms with E-state index in [0.717, 1.165) is 21.0 Å². The molecule has 1 amide bonds. The lowest BCUT2D eigenvalue weighted by molar-refractivity contribution is 0.0955. The number of amides is 1. The number of rotatable bonds is 3. The fourth-order valence-electron chi connectivity index (χ4n) is 2.77. The largest absolute Gasteiger partial charge is 0.383 e. The van der Waals surface area contributed by atoms with Crippen molar-refractivity contribution in [3.05, 3.63) is 71.0 Å². The molecule has 4 nitrogen and oxygen atoms in total. The van der Waals surface area contributed by atoms with E-state index in [9.17, 15) is 9.18 Å². The Morgan fingerprint density at radius 1 is 1.16 bits per heavy atom. The maximum atomic E-state index is 13.8. The Balaban J connectivity index is 1.54. The van der Waals surface area contributed by atoms with E-state index in [1.54, 1.807) is 18.3 Å². The van der Waals surface area contributed by atoms with E-state index in [2.05, 4.69) is 10.3 Å². The summed E-state index contributed by atoms with van der Waals surface area (Å²) in [5, 5.41) is 5.22. The second-order valence-corrected chi connectivity index (χ2v) is 6.78. The summed E-state index contributed by atoms with van der Waals surface area (Å²) in [4.78, 5) is 16.9. The van der Waals surface area contributed by atoms with Crippen LogP contribution in [-0.4, -0.2) is 10.9 Å². The van der Waals surface area contributed by atoms with Crippen LogP contribution in [0.5, 0.6) is 0 Å². The number of benzene rings is 2. The van der Waals surface area contributed by atoms with E-state index in [4.69, 9.17) is 5.73 Å². The SMILES string of the molecule is Nc1nccc2cc(CNC(=O)c3cc4c(F)cccc4s3)ccc12. The number of hydrogen-bond donors (Lipinski definition) is 2. The van der Waals surface area contributed by atoms with Gasteiger partial charge in [-0.3, -0.25) is 4.79 Å². The summed E-state index contributed by atoms with van der Waals surface area (Å²) < 4.78 is 14.5. The van der Waals surface area contributed by atoms with Gasteiger partial charge in [0.05, 0.1) is 4.88 Å². The number of halogens is 1. The molecule has 124 valence electrons. The highest BCUT2D eigenvalue weighted by molar-refractivity contribution is 7.20. The molecule has 0 aliphatic carbocycles. The molecule has 4 aromatic rings. The van der Waals surface area contributed by atoms with Gasteiger partial charge in [0.15, 0.2) is 0 Å². The van der Waals surface area contributed by atoms with Crippen molar-refractivity contribution in [2.45, 2.75) is 6.54 Å². The van der Waals surface area contributed by atoms with Crippen molar-refractivity contribution in [2.24, 2.45) is 0 Å². The zero-order valence-corrected chi connectivity index (χ0v) is 13.9. The van der Waals surface area contributed by atoms with Crippen molar-refractivity contribution < 1.29 is 9.18 Å². The lowest BCUT2D eigenvalue weighted by Gasteiger charge is -2.06. The molecule has 2 heterocycles. The average molecular weight is 351 g/mol. The summed E-state index contributed by atoms with van der Waals surface area (Å²) in [5.41, 5.74) is 6.80. The second kappa shape index (κ2) is 6.14. The summed E-state index contributed by atoms with van der Waals surface area (Å²) in [5.74, 6) is -0.0381. The standard InChI is InChI=1S/C19H14FN3OS/c20-15-2-1-3-16-14(15)9-17(25-16)19(24)23-10-11-4-5-13-12(8-11)6-7-22-18(13)21/h1-9H,10H2,(H2,21,22)(H,23,24). The Labute approximate surface area is 147 Å². The van der Waals surface area contributed by atoms with Gasteiger partial charge < -0.3 is 11.1 Å². The third-order valence-electron chi connectivity index (χ3n) is 4.04. The van der Waals surface area contributed by atoms with Crippen LogP contribution >= 0.6 is 11.3 Å². The van der Waals surface area contributed by atoms with Gasteiger partial charge in [0, 0.05) is 28.2 Å². The number of pyridine rings is 1. The minimum Gasteiger partial charge on any atom is -0.383 e. The summed E-state index contributed by atoms with van der Waals surface area (Å²) in [6, 6.07) is 14.1. The zero-order valence-electron chi connectivity index (χ0n) is 13.1. The van der Waals surface area contributed by atoms with Gasteiger partial charge in [0.2, 0.25) is 0 Å². The van der Waals surface area contributed by atoms with Gasteiger partial charge in [-0.15, -0.1) is 11.3 Å². The number of carbonyl (C=O) groups is 1. The predicted octanol–water partition coefficient (Wildman–Crippen LogP) is 4.10. The minimum absolute atomic E-state index is 0.213. The lowest BCUT2D eigenvalue weighted by Crippen LogP contribution is -2.21. The van der Waals surface area contributed by atoms with Crippen molar-refractivity contribution >= 4 is 43.9 Å². The first kappa shape index (κ1) is 15.5. The summed E-state index contributed by atoms with van der Waals surface area (Å²) >= 11 is 1.28. The van der Waals surface area contributed by atoms with E-state index >= 15 is 0 Å². The summed E-state index contributed by atoms with van der Waals surface area (Å²) in [6.45, 7) is 0.383. The Kier molecular flexibility index (Phi) is 3.82. The van der Waals surface area contributed by atoms with Gasteiger partial charge in [-0.1, -0.05) is 18.2 Å². The first-order valence-corrected chi connectivity index (χ1v) is 8.53.